The van der Waals surface area contributed by atoms with Crippen LogP contribution in [0.2, 0.25) is 0 Å². The van der Waals surface area contributed by atoms with Crippen LogP contribution >= 0.6 is 0 Å². The highest BCUT2D eigenvalue weighted by Gasteiger charge is 2.11. The van der Waals surface area contributed by atoms with Crippen LogP contribution in [0.1, 0.15) is 24.0 Å². The molecule has 0 spiro atoms. The third kappa shape index (κ3) is 5.29. The van der Waals surface area contributed by atoms with E-state index in [2.05, 4.69) is 182 Å². The molecule has 0 saturated heterocycles. The molecule has 1 aliphatic carbocycles. The monoisotopic (exact) mass is 586 g/mol. The Morgan fingerprint density at radius 1 is 0.326 bits per heavy atom. The lowest BCUT2D eigenvalue weighted by molar-refractivity contribution is 1.28. The van der Waals surface area contributed by atoms with E-state index in [0.29, 0.717) is 0 Å². The van der Waals surface area contributed by atoms with E-state index < -0.39 is 0 Å². The number of fused-ring (bicyclic) bond motifs is 4. The third-order valence-corrected chi connectivity index (χ3v) is 9.26. The standard InChI is InChI=1S/C46H34/c1-2-7-18-40(36-28-30-37(31-29-36)46-32-38-16-8-9-19-41(38)44-22-12-13-23-45(44)46)43-21-11-10-20-42(43)39(17-6-1)35-26-24-34(25-27-35)33-14-4-3-5-15-33/h1-16,19-32H,17-18H2/b6-1-,7-2-,42-39+,43-40+. The highest BCUT2D eigenvalue weighted by molar-refractivity contribution is 6.13. The van der Waals surface area contributed by atoms with Crippen LogP contribution in [-0.2, 0) is 0 Å². The SMILES string of the molecule is C1=C\C/C(c2ccc(-c3ccccc3)cc2)=c2/cccc/c2=C(\c2ccc(-c3cc4ccccc4c4ccccc34)cc2)C\C=C/1. The molecule has 0 fully saturated rings. The minimum absolute atomic E-state index is 0.861. The van der Waals surface area contributed by atoms with Crippen molar-refractivity contribution in [1.82, 2.24) is 0 Å². The van der Waals surface area contributed by atoms with Gasteiger partial charge in [0.25, 0.3) is 0 Å². The molecule has 0 radical (unpaired) electrons. The summed E-state index contributed by atoms with van der Waals surface area (Å²) in [5.41, 5.74) is 10.2. The second kappa shape index (κ2) is 12.3. The number of rotatable bonds is 4. The van der Waals surface area contributed by atoms with E-state index in [-0.39, 0.29) is 0 Å². The summed E-state index contributed by atoms with van der Waals surface area (Å²) in [4.78, 5) is 0. The van der Waals surface area contributed by atoms with Crippen LogP contribution in [-0.4, -0.2) is 0 Å². The maximum atomic E-state index is 2.35. The number of benzene rings is 7. The molecule has 0 heteroatoms. The van der Waals surface area contributed by atoms with Crippen molar-refractivity contribution in [2.75, 3.05) is 0 Å². The largest absolute Gasteiger partial charge is 0.0801 e. The zero-order valence-corrected chi connectivity index (χ0v) is 25.7. The van der Waals surface area contributed by atoms with E-state index in [1.54, 1.807) is 0 Å². The molecule has 1 aliphatic rings. The van der Waals surface area contributed by atoms with Crippen molar-refractivity contribution in [3.8, 4) is 22.3 Å². The van der Waals surface area contributed by atoms with Gasteiger partial charge in [0.05, 0.1) is 0 Å². The van der Waals surface area contributed by atoms with Gasteiger partial charge in [0.15, 0.2) is 0 Å². The molecular weight excluding hydrogens is 553 g/mol. The van der Waals surface area contributed by atoms with Crippen LogP contribution in [0, 0.1) is 0 Å². The van der Waals surface area contributed by atoms with Crippen molar-refractivity contribution in [2.24, 2.45) is 0 Å². The van der Waals surface area contributed by atoms with Crippen molar-refractivity contribution in [3.05, 3.63) is 204 Å². The Hall–Kier alpha value is -5.72. The van der Waals surface area contributed by atoms with Crippen molar-refractivity contribution < 1.29 is 0 Å². The van der Waals surface area contributed by atoms with Gasteiger partial charge in [-0.25, -0.2) is 0 Å². The molecule has 0 aromatic heterocycles. The molecule has 0 amide bonds. The smallest absolute Gasteiger partial charge is 0.00822 e. The van der Waals surface area contributed by atoms with Gasteiger partial charge in [0.1, 0.15) is 0 Å². The highest BCUT2D eigenvalue weighted by Crippen LogP contribution is 2.35. The van der Waals surface area contributed by atoms with Gasteiger partial charge in [0.2, 0.25) is 0 Å². The van der Waals surface area contributed by atoms with Crippen molar-refractivity contribution in [3.63, 3.8) is 0 Å². The predicted octanol–water partition coefficient (Wildman–Crippen LogP) is 10.6. The zero-order valence-electron chi connectivity index (χ0n) is 25.7. The Bertz CT molecular complexity index is 2370. The predicted molar refractivity (Wildman–Crippen MR) is 197 cm³/mol. The van der Waals surface area contributed by atoms with Crippen molar-refractivity contribution in [2.45, 2.75) is 12.8 Å². The molecule has 0 aliphatic heterocycles. The Morgan fingerprint density at radius 3 is 1.41 bits per heavy atom. The van der Waals surface area contributed by atoms with Crippen molar-refractivity contribution >= 4 is 32.7 Å². The fourth-order valence-electron chi connectivity index (χ4n) is 6.94. The highest BCUT2D eigenvalue weighted by atomic mass is 14.2. The molecular formula is C46H34. The molecule has 0 nitrogen and oxygen atoms in total. The molecule has 0 unspecified atom stereocenters. The first-order valence-corrected chi connectivity index (χ1v) is 16.1. The van der Waals surface area contributed by atoms with Gasteiger partial charge < -0.3 is 0 Å². The van der Waals surface area contributed by atoms with Gasteiger partial charge in [-0.15, -0.1) is 0 Å². The number of hydrogen-bond acceptors (Lipinski definition) is 0. The first-order chi connectivity index (χ1) is 22.8. The van der Waals surface area contributed by atoms with Crippen LogP contribution in [0.15, 0.2) is 182 Å². The van der Waals surface area contributed by atoms with E-state index in [0.717, 1.165) is 12.8 Å². The molecule has 0 bridgehead atoms. The maximum Gasteiger partial charge on any atom is -0.00822 e. The second-order valence-corrected chi connectivity index (χ2v) is 12.0. The van der Waals surface area contributed by atoms with E-state index in [1.165, 1.54) is 76.5 Å². The summed E-state index contributed by atoms with van der Waals surface area (Å²) >= 11 is 0. The first-order valence-electron chi connectivity index (χ1n) is 16.1. The average Bonchev–Trinajstić information content (AvgIpc) is 3.13. The zero-order chi connectivity index (χ0) is 30.7. The van der Waals surface area contributed by atoms with Crippen LogP contribution in [0.3, 0.4) is 0 Å². The lowest BCUT2D eigenvalue weighted by atomic mass is 9.90. The summed E-state index contributed by atoms with van der Waals surface area (Å²) in [5, 5.41) is 7.76. The molecule has 218 valence electrons. The fourth-order valence-corrected chi connectivity index (χ4v) is 6.94. The number of hydrogen-bond donors (Lipinski definition) is 0. The van der Waals surface area contributed by atoms with E-state index in [1.807, 2.05) is 0 Å². The molecule has 8 rings (SSSR count). The Morgan fingerprint density at radius 2 is 0.783 bits per heavy atom. The summed E-state index contributed by atoms with van der Waals surface area (Å²) in [6, 6.07) is 57.7. The molecule has 0 atom stereocenters. The second-order valence-electron chi connectivity index (χ2n) is 12.0. The van der Waals surface area contributed by atoms with Gasteiger partial charge in [-0.3, -0.25) is 0 Å². The summed E-state index contributed by atoms with van der Waals surface area (Å²) in [7, 11) is 0. The Balaban J connectivity index is 1.27. The lowest BCUT2D eigenvalue weighted by Crippen LogP contribution is -2.29. The molecule has 46 heavy (non-hydrogen) atoms. The van der Waals surface area contributed by atoms with Gasteiger partial charge in [-0.05, 0) is 95.4 Å². The van der Waals surface area contributed by atoms with Gasteiger partial charge in [0, 0.05) is 0 Å². The fraction of sp³-hybridized carbons (Fsp3) is 0.0435. The van der Waals surface area contributed by atoms with Crippen LogP contribution in [0.4, 0.5) is 0 Å². The molecule has 0 heterocycles. The van der Waals surface area contributed by atoms with Crippen LogP contribution < -0.4 is 10.4 Å². The van der Waals surface area contributed by atoms with Crippen LogP contribution in [0.25, 0.3) is 54.9 Å². The molecule has 0 N–H and O–H groups in total. The van der Waals surface area contributed by atoms with E-state index >= 15 is 0 Å². The first kappa shape index (κ1) is 27.8. The minimum atomic E-state index is 0.861. The van der Waals surface area contributed by atoms with Crippen LogP contribution in [0.5, 0.6) is 0 Å². The summed E-state index contributed by atoms with van der Waals surface area (Å²) in [6.07, 6.45) is 10.7. The molecule has 0 saturated carbocycles. The van der Waals surface area contributed by atoms with Crippen molar-refractivity contribution in [1.29, 1.82) is 0 Å². The van der Waals surface area contributed by atoms with E-state index in [9.17, 15) is 0 Å². The van der Waals surface area contributed by atoms with Gasteiger partial charge >= 0.3 is 0 Å². The Kier molecular flexibility index (Phi) is 7.46. The summed E-state index contributed by atoms with van der Waals surface area (Å²) in [6.45, 7) is 0. The third-order valence-electron chi connectivity index (χ3n) is 9.26. The Labute approximate surface area is 270 Å². The molecule has 7 aromatic rings. The van der Waals surface area contributed by atoms with Gasteiger partial charge in [-0.1, -0.05) is 176 Å². The molecule has 7 aromatic carbocycles. The average molecular weight is 587 g/mol. The lowest BCUT2D eigenvalue weighted by Gasteiger charge is -2.14. The normalized spacial score (nSPS) is 17.0. The number of allylic oxidation sites excluding steroid dienone is 4. The quantitative estimate of drug-likeness (QED) is 0.180. The topological polar surface area (TPSA) is 0 Å². The van der Waals surface area contributed by atoms with E-state index in [4.69, 9.17) is 0 Å². The maximum absolute atomic E-state index is 2.35. The minimum Gasteiger partial charge on any atom is -0.0801 e. The summed E-state index contributed by atoms with van der Waals surface area (Å²) < 4.78 is 0. The summed E-state index contributed by atoms with van der Waals surface area (Å²) in [5.74, 6) is 0. The van der Waals surface area contributed by atoms with Gasteiger partial charge in [-0.2, -0.15) is 0 Å².